The van der Waals surface area contributed by atoms with Gasteiger partial charge >= 0.3 is 0 Å². The monoisotopic (exact) mass is 425 g/mol. The lowest BCUT2D eigenvalue weighted by Crippen LogP contribution is -2.37. The summed E-state index contributed by atoms with van der Waals surface area (Å²) >= 11 is 5.88. The molecule has 1 unspecified atom stereocenters. The van der Waals surface area contributed by atoms with Gasteiger partial charge < -0.3 is 10.1 Å². The highest BCUT2D eigenvalue weighted by atomic mass is 35.5. The second-order valence-corrected chi connectivity index (χ2v) is 7.24. The van der Waals surface area contributed by atoms with Crippen LogP contribution in [0.25, 0.3) is 11.3 Å². The van der Waals surface area contributed by atoms with Crippen LogP contribution < -0.4 is 15.6 Å². The number of hydrogen-bond donors (Lipinski definition) is 1. The van der Waals surface area contributed by atoms with Crippen molar-refractivity contribution in [2.75, 3.05) is 13.2 Å². The predicted molar refractivity (Wildman–Crippen MR) is 118 cm³/mol. The van der Waals surface area contributed by atoms with Gasteiger partial charge in [-0.2, -0.15) is 5.10 Å². The average molecular weight is 426 g/mol. The van der Waals surface area contributed by atoms with E-state index < -0.39 is 6.04 Å². The van der Waals surface area contributed by atoms with Gasteiger partial charge in [-0.3, -0.25) is 9.59 Å². The molecule has 0 saturated carbocycles. The Morgan fingerprint density at radius 1 is 1.10 bits per heavy atom. The van der Waals surface area contributed by atoms with Gasteiger partial charge in [-0.05, 0) is 68.3 Å². The molecule has 1 amide bonds. The zero-order valence-electron chi connectivity index (χ0n) is 17.0. The number of nitrogens with one attached hydrogen (secondary N) is 1. The first-order valence-corrected chi connectivity index (χ1v) is 10.2. The zero-order chi connectivity index (χ0) is 21.5. The van der Waals surface area contributed by atoms with Crippen molar-refractivity contribution < 1.29 is 9.53 Å². The molecule has 1 N–H and O–H groups in total. The topological polar surface area (TPSA) is 73.2 Å². The maximum atomic E-state index is 12.6. The molecule has 1 heterocycles. The molecule has 6 nitrogen and oxygen atoms in total. The van der Waals surface area contributed by atoms with E-state index in [4.69, 9.17) is 16.3 Å². The fraction of sp³-hybridized carbons (Fsp3) is 0.261. The number of hydrogen-bond acceptors (Lipinski definition) is 4. The second-order valence-electron chi connectivity index (χ2n) is 6.80. The summed E-state index contributed by atoms with van der Waals surface area (Å²) < 4.78 is 6.66. The Morgan fingerprint density at radius 2 is 1.80 bits per heavy atom. The van der Waals surface area contributed by atoms with Crippen molar-refractivity contribution in [3.8, 4) is 17.0 Å². The van der Waals surface area contributed by atoms with E-state index >= 15 is 0 Å². The molecular weight excluding hydrogens is 402 g/mol. The third-order valence-corrected chi connectivity index (χ3v) is 4.91. The number of aromatic nitrogens is 2. The minimum atomic E-state index is -0.731. The molecule has 0 saturated heterocycles. The van der Waals surface area contributed by atoms with Gasteiger partial charge in [0.05, 0.1) is 12.3 Å². The summed E-state index contributed by atoms with van der Waals surface area (Å²) in [6.07, 6.45) is 0.671. The van der Waals surface area contributed by atoms with Crippen molar-refractivity contribution in [2.24, 2.45) is 0 Å². The number of carbonyl (C=O) groups is 1. The summed E-state index contributed by atoms with van der Waals surface area (Å²) in [7, 11) is 0. The average Bonchev–Trinajstić information content (AvgIpc) is 2.76. The number of amides is 1. The zero-order valence-corrected chi connectivity index (χ0v) is 17.7. The summed E-state index contributed by atoms with van der Waals surface area (Å²) in [5.74, 6) is 0.505. The Hall–Kier alpha value is -3.12. The Kier molecular flexibility index (Phi) is 7.25. The first kappa shape index (κ1) is 21.6. The largest absolute Gasteiger partial charge is 0.494 e. The smallest absolute Gasteiger partial charge is 0.267 e. The maximum Gasteiger partial charge on any atom is 0.267 e. The molecule has 0 fully saturated rings. The summed E-state index contributed by atoms with van der Waals surface area (Å²) in [6.45, 7) is 4.63. The van der Waals surface area contributed by atoms with Crippen molar-refractivity contribution >= 4 is 17.5 Å². The van der Waals surface area contributed by atoms with Crippen LogP contribution >= 0.6 is 11.6 Å². The van der Waals surface area contributed by atoms with Gasteiger partial charge in [-0.15, -0.1) is 0 Å². The molecule has 0 aliphatic heterocycles. The van der Waals surface area contributed by atoms with Crippen molar-refractivity contribution in [2.45, 2.75) is 26.3 Å². The minimum absolute atomic E-state index is 0.262. The molecule has 3 aromatic rings. The highest BCUT2D eigenvalue weighted by Crippen LogP contribution is 2.20. The van der Waals surface area contributed by atoms with Gasteiger partial charge in [0, 0.05) is 23.2 Å². The molecule has 1 aromatic heterocycles. The van der Waals surface area contributed by atoms with Gasteiger partial charge in [0.1, 0.15) is 11.8 Å². The minimum Gasteiger partial charge on any atom is -0.494 e. The van der Waals surface area contributed by atoms with E-state index in [1.54, 1.807) is 13.0 Å². The van der Waals surface area contributed by atoms with Crippen LogP contribution in [0.2, 0.25) is 5.02 Å². The van der Waals surface area contributed by atoms with E-state index in [1.165, 1.54) is 10.7 Å². The Labute approximate surface area is 180 Å². The van der Waals surface area contributed by atoms with Crippen molar-refractivity contribution in [1.29, 1.82) is 0 Å². The third-order valence-electron chi connectivity index (χ3n) is 4.66. The van der Waals surface area contributed by atoms with Crippen LogP contribution in [-0.2, 0) is 11.2 Å². The number of benzene rings is 2. The molecule has 156 valence electrons. The quantitative estimate of drug-likeness (QED) is 0.594. The summed E-state index contributed by atoms with van der Waals surface area (Å²) in [5.41, 5.74) is 2.19. The lowest BCUT2D eigenvalue weighted by atomic mass is 10.1. The van der Waals surface area contributed by atoms with E-state index in [2.05, 4.69) is 10.4 Å². The van der Waals surface area contributed by atoms with Crippen LogP contribution in [0.3, 0.4) is 0 Å². The highest BCUT2D eigenvalue weighted by Gasteiger charge is 2.17. The lowest BCUT2D eigenvalue weighted by molar-refractivity contribution is -0.124. The summed E-state index contributed by atoms with van der Waals surface area (Å²) in [5, 5.41) is 7.94. The normalized spacial score (nSPS) is 11.7. The molecule has 7 heteroatoms. The number of ether oxygens (including phenoxy) is 1. The number of nitrogens with zero attached hydrogens (tertiary/aromatic N) is 2. The molecule has 3 rings (SSSR count). The Balaban J connectivity index is 1.67. The molecule has 2 aromatic carbocycles. The highest BCUT2D eigenvalue weighted by molar-refractivity contribution is 6.30. The molecular formula is C23H24ClN3O3. The Bertz CT molecular complexity index is 1050. The van der Waals surface area contributed by atoms with Crippen molar-refractivity contribution in [3.05, 3.63) is 81.6 Å². The van der Waals surface area contributed by atoms with Gasteiger partial charge in [-0.25, -0.2) is 4.68 Å². The predicted octanol–water partition coefficient (Wildman–Crippen LogP) is 3.88. The van der Waals surface area contributed by atoms with E-state index in [1.807, 2.05) is 55.5 Å². The molecule has 0 radical (unpaired) electrons. The second kappa shape index (κ2) is 10.1. The summed E-state index contributed by atoms with van der Waals surface area (Å²) in [6, 6.07) is 17.3. The molecule has 0 spiro atoms. The van der Waals surface area contributed by atoms with E-state index in [0.717, 1.165) is 16.9 Å². The Morgan fingerprint density at radius 3 is 2.47 bits per heavy atom. The van der Waals surface area contributed by atoms with Crippen molar-refractivity contribution in [3.63, 3.8) is 0 Å². The van der Waals surface area contributed by atoms with Crippen molar-refractivity contribution in [1.82, 2.24) is 15.1 Å². The first-order chi connectivity index (χ1) is 14.5. The SMILES string of the molecule is CCOc1ccc(-c2ccc(=O)n(C(C)C(=O)NCCc3ccc(Cl)cc3)n2)cc1. The molecule has 0 aliphatic rings. The molecule has 0 bridgehead atoms. The first-order valence-electron chi connectivity index (χ1n) is 9.83. The third kappa shape index (κ3) is 5.48. The van der Waals surface area contributed by atoms with Crippen LogP contribution in [0.5, 0.6) is 5.75 Å². The lowest BCUT2D eigenvalue weighted by Gasteiger charge is -2.15. The van der Waals surface area contributed by atoms with Crippen LogP contribution in [-0.4, -0.2) is 28.8 Å². The summed E-state index contributed by atoms with van der Waals surface area (Å²) in [4.78, 5) is 24.9. The fourth-order valence-electron chi connectivity index (χ4n) is 2.99. The van der Waals surface area contributed by atoms with Crippen LogP contribution in [0, 0.1) is 0 Å². The van der Waals surface area contributed by atoms with Crippen LogP contribution in [0.1, 0.15) is 25.5 Å². The molecule has 1 atom stereocenters. The van der Waals surface area contributed by atoms with E-state index in [-0.39, 0.29) is 11.5 Å². The molecule has 30 heavy (non-hydrogen) atoms. The standard InChI is InChI=1S/C23H24ClN3O3/c1-3-30-20-10-6-18(7-11-20)21-12-13-22(28)27(26-21)16(2)23(29)25-15-14-17-4-8-19(24)9-5-17/h4-13,16H,3,14-15H2,1-2H3,(H,25,29). The van der Waals surface area contributed by atoms with Gasteiger partial charge in [0.2, 0.25) is 5.91 Å². The van der Waals surface area contributed by atoms with Gasteiger partial charge in [0.25, 0.3) is 5.56 Å². The van der Waals surface area contributed by atoms with Gasteiger partial charge in [-0.1, -0.05) is 23.7 Å². The molecule has 0 aliphatic carbocycles. The number of halogens is 1. The number of rotatable bonds is 8. The van der Waals surface area contributed by atoms with E-state index in [0.29, 0.717) is 30.3 Å². The van der Waals surface area contributed by atoms with Crippen LogP contribution in [0.15, 0.2) is 65.5 Å². The van der Waals surface area contributed by atoms with Gasteiger partial charge in [0.15, 0.2) is 0 Å². The van der Waals surface area contributed by atoms with E-state index in [9.17, 15) is 9.59 Å². The maximum absolute atomic E-state index is 12.6. The van der Waals surface area contributed by atoms with Crippen LogP contribution in [0.4, 0.5) is 0 Å². The fourth-order valence-corrected chi connectivity index (χ4v) is 3.11. The number of carbonyl (C=O) groups excluding carboxylic acids is 1.